The lowest BCUT2D eigenvalue weighted by Gasteiger charge is -2.32. The van der Waals surface area contributed by atoms with Gasteiger partial charge in [0.05, 0.1) is 0 Å². The van der Waals surface area contributed by atoms with Crippen molar-refractivity contribution >= 4 is 13.8 Å². The van der Waals surface area contributed by atoms with E-state index in [1.54, 1.807) is 0 Å². The highest BCUT2D eigenvalue weighted by atomic mass is 16.2. The van der Waals surface area contributed by atoms with Gasteiger partial charge in [-0.3, -0.25) is 4.79 Å². The average molecular weight is 409 g/mol. The van der Waals surface area contributed by atoms with Crippen molar-refractivity contribution in [3.05, 3.63) is 23.3 Å². The smallest absolute Gasteiger partial charge is 0.269 e. The normalized spacial score (nSPS) is 21.7. The lowest BCUT2D eigenvalue weighted by Crippen LogP contribution is -2.49. The Kier molecular flexibility index (Phi) is 8.77. The maximum Gasteiger partial charge on any atom is 0.269 e. The molecular formula is C25H40BN3O. The predicted octanol–water partition coefficient (Wildman–Crippen LogP) is 6.16. The van der Waals surface area contributed by atoms with Gasteiger partial charge in [-0.05, 0) is 37.7 Å². The van der Waals surface area contributed by atoms with Gasteiger partial charge in [-0.2, -0.15) is 0 Å². The van der Waals surface area contributed by atoms with E-state index in [1.165, 1.54) is 57.8 Å². The van der Waals surface area contributed by atoms with E-state index in [0.717, 1.165) is 50.0 Å². The summed E-state index contributed by atoms with van der Waals surface area (Å²) < 4.78 is 0. The van der Waals surface area contributed by atoms with Crippen molar-refractivity contribution in [2.45, 2.75) is 127 Å². The maximum atomic E-state index is 13.3. The molecule has 1 aromatic rings. The van der Waals surface area contributed by atoms with Gasteiger partial charge < -0.3 is 5.32 Å². The Labute approximate surface area is 184 Å². The van der Waals surface area contributed by atoms with Gasteiger partial charge in [0.1, 0.15) is 19.4 Å². The molecule has 30 heavy (non-hydrogen) atoms. The van der Waals surface area contributed by atoms with Gasteiger partial charge in [0.15, 0.2) is 0 Å². The number of hydrogen-bond acceptors (Lipinski definition) is 3. The number of amides is 1. The zero-order chi connectivity index (χ0) is 21.4. The van der Waals surface area contributed by atoms with E-state index in [9.17, 15) is 4.79 Å². The van der Waals surface area contributed by atoms with Crippen molar-refractivity contribution in [3.63, 3.8) is 0 Å². The fraction of sp³-hybridized carbons (Fsp3) is 0.800. The number of rotatable bonds is 4. The molecule has 1 amide bonds. The predicted molar refractivity (Wildman–Crippen MR) is 124 cm³/mol. The number of aromatic nitrogens is 2. The second-order valence-electron chi connectivity index (χ2n) is 9.96. The minimum Gasteiger partial charge on any atom is -0.354 e. The molecule has 2 fully saturated rings. The first-order valence-electron chi connectivity index (χ1n) is 12.5. The average Bonchev–Trinajstić information content (AvgIpc) is 3.25. The molecule has 2 radical (unpaired) electrons. The molecule has 5 heteroatoms. The largest absolute Gasteiger partial charge is 0.354 e. The summed E-state index contributed by atoms with van der Waals surface area (Å²) >= 11 is 0. The Morgan fingerprint density at radius 3 is 2.00 bits per heavy atom. The molecule has 0 aliphatic heterocycles. The van der Waals surface area contributed by atoms with Crippen LogP contribution in [0.15, 0.2) is 6.07 Å². The molecular weight excluding hydrogens is 369 g/mol. The second kappa shape index (κ2) is 11.3. The van der Waals surface area contributed by atoms with E-state index in [2.05, 4.69) is 19.2 Å². The molecule has 1 N–H and O–H groups in total. The molecule has 164 valence electrons. The summed E-state index contributed by atoms with van der Waals surface area (Å²) in [5.41, 5.74) is 0.820. The van der Waals surface area contributed by atoms with Crippen LogP contribution in [0, 0.1) is 0 Å². The fourth-order valence-corrected chi connectivity index (χ4v) is 4.92. The first-order chi connectivity index (χ1) is 14.5. The van der Waals surface area contributed by atoms with Crippen molar-refractivity contribution in [1.29, 1.82) is 0 Å². The Bertz CT molecular complexity index is 673. The standard InChI is InChI=1S/C25H40BN3O/c1-19(2)21-18-22(28-23(27-21)20-14-10-11-15-20)24(30)29-25(26)16-12-8-6-4-3-5-7-9-13-17-25/h18-20H,3-17H2,1-2H3,(H,29,30). The summed E-state index contributed by atoms with van der Waals surface area (Å²) in [6.45, 7) is 4.25. The van der Waals surface area contributed by atoms with Gasteiger partial charge in [0, 0.05) is 17.1 Å². The fourth-order valence-electron chi connectivity index (χ4n) is 4.92. The Morgan fingerprint density at radius 2 is 1.47 bits per heavy atom. The highest BCUT2D eigenvalue weighted by Gasteiger charge is 2.28. The molecule has 0 spiro atoms. The lowest BCUT2D eigenvalue weighted by atomic mass is 9.70. The first-order valence-corrected chi connectivity index (χ1v) is 12.5. The molecule has 0 bridgehead atoms. The van der Waals surface area contributed by atoms with Crippen molar-refractivity contribution in [1.82, 2.24) is 15.3 Å². The van der Waals surface area contributed by atoms with Gasteiger partial charge in [0.25, 0.3) is 5.91 Å². The maximum absolute atomic E-state index is 13.3. The van der Waals surface area contributed by atoms with Crippen LogP contribution in [0.2, 0.25) is 0 Å². The third-order valence-electron chi connectivity index (χ3n) is 6.92. The van der Waals surface area contributed by atoms with Crippen LogP contribution in [0.25, 0.3) is 0 Å². The molecule has 0 atom stereocenters. The summed E-state index contributed by atoms with van der Waals surface area (Å²) in [6.07, 6.45) is 17.5. The quantitative estimate of drug-likeness (QED) is 0.606. The number of nitrogens with one attached hydrogen (secondary N) is 1. The van der Waals surface area contributed by atoms with Crippen LogP contribution in [0.3, 0.4) is 0 Å². The molecule has 2 aliphatic carbocycles. The third kappa shape index (κ3) is 6.82. The van der Waals surface area contributed by atoms with Crippen LogP contribution >= 0.6 is 0 Å². The Morgan fingerprint density at radius 1 is 0.933 bits per heavy atom. The van der Waals surface area contributed by atoms with Crippen molar-refractivity contribution in [2.24, 2.45) is 0 Å². The summed E-state index contributed by atoms with van der Waals surface area (Å²) in [5.74, 6) is 1.39. The van der Waals surface area contributed by atoms with E-state index in [-0.39, 0.29) is 11.8 Å². The second-order valence-corrected chi connectivity index (χ2v) is 9.96. The third-order valence-corrected chi connectivity index (χ3v) is 6.92. The molecule has 0 unspecified atom stereocenters. The first kappa shape index (κ1) is 23.3. The number of carbonyl (C=O) groups is 1. The molecule has 3 rings (SSSR count). The van der Waals surface area contributed by atoms with Crippen LogP contribution in [-0.2, 0) is 0 Å². The highest BCUT2D eigenvalue weighted by Crippen LogP contribution is 2.33. The topological polar surface area (TPSA) is 54.9 Å². The van der Waals surface area contributed by atoms with Crippen molar-refractivity contribution in [3.8, 4) is 0 Å². The van der Waals surface area contributed by atoms with Crippen molar-refractivity contribution < 1.29 is 4.79 Å². The van der Waals surface area contributed by atoms with Crippen molar-refractivity contribution in [2.75, 3.05) is 0 Å². The summed E-state index contributed by atoms with van der Waals surface area (Å²) in [5, 5.41) is 3.20. The zero-order valence-corrected chi connectivity index (χ0v) is 19.2. The van der Waals surface area contributed by atoms with Crippen LogP contribution in [-0.4, -0.2) is 29.2 Å². The van der Waals surface area contributed by atoms with Crippen LogP contribution < -0.4 is 5.32 Å². The highest BCUT2D eigenvalue weighted by molar-refractivity contribution is 6.17. The summed E-state index contributed by atoms with van der Waals surface area (Å²) in [6, 6.07) is 1.87. The van der Waals surface area contributed by atoms with E-state index in [4.69, 9.17) is 17.8 Å². The summed E-state index contributed by atoms with van der Waals surface area (Å²) in [7, 11) is 6.76. The molecule has 0 saturated heterocycles. The SMILES string of the molecule is [B]C1(NC(=O)c2cc(C(C)C)nc(C3CCCC3)n2)CCCCCCCCCCC1. The molecule has 2 saturated carbocycles. The minimum absolute atomic E-state index is 0.131. The van der Waals surface area contributed by atoms with Gasteiger partial charge in [-0.25, -0.2) is 9.97 Å². The molecule has 2 aliphatic rings. The molecule has 1 aromatic heterocycles. The molecule has 1 heterocycles. The van der Waals surface area contributed by atoms with Gasteiger partial charge >= 0.3 is 0 Å². The van der Waals surface area contributed by atoms with Crippen LogP contribution in [0.5, 0.6) is 0 Å². The lowest BCUT2D eigenvalue weighted by molar-refractivity contribution is 0.0913. The molecule has 4 nitrogen and oxygen atoms in total. The van der Waals surface area contributed by atoms with Gasteiger partial charge in [-0.15, -0.1) is 0 Å². The van der Waals surface area contributed by atoms with E-state index in [0.29, 0.717) is 11.6 Å². The van der Waals surface area contributed by atoms with E-state index >= 15 is 0 Å². The Balaban J connectivity index is 1.74. The van der Waals surface area contributed by atoms with Crippen LogP contribution in [0.1, 0.15) is 144 Å². The number of hydrogen-bond donors (Lipinski definition) is 1. The van der Waals surface area contributed by atoms with E-state index in [1.807, 2.05) is 6.07 Å². The van der Waals surface area contributed by atoms with E-state index < -0.39 is 5.44 Å². The van der Waals surface area contributed by atoms with Crippen LogP contribution in [0.4, 0.5) is 0 Å². The van der Waals surface area contributed by atoms with Gasteiger partial charge in [0.2, 0.25) is 0 Å². The monoisotopic (exact) mass is 409 g/mol. The number of nitrogens with zero attached hydrogens (tertiary/aromatic N) is 2. The Hall–Kier alpha value is -1.39. The zero-order valence-electron chi connectivity index (χ0n) is 19.2. The minimum atomic E-state index is -0.632. The van der Waals surface area contributed by atoms with Gasteiger partial charge in [-0.1, -0.05) is 84.5 Å². The number of carbonyl (C=O) groups excluding carboxylic acids is 1. The summed E-state index contributed by atoms with van der Waals surface area (Å²) in [4.78, 5) is 22.8. The molecule has 0 aromatic carbocycles.